The van der Waals surface area contributed by atoms with Crippen molar-refractivity contribution in [1.82, 2.24) is 19.4 Å². The summed E-state index contributed by atoms with van der Waals surface area (Å²) in [5.74, 6) is -0.533. The van der Waals surface area contributed by atoms with E-state index in [1.807, 2.05) is 60.0 Å². The van der Waals surface area contributed by atoms with Crippen LogP contribution in [0.2, 0.25) is 0 Å². The number of amides is 2. The Labute approximate surface area is 232 Å². The number of rotatable bonds is 6. The standard InChI is InChI=1S/C30H23F3N6O2/c1-19(28(40)38-12-11-20(15-34)16-38)21-5-7-22(8-6-21)23-9-10-27-26(13-23)36-18-39(27)25-4-2-3-24(14-25)37-29(41)35-17-30(31,32)33/h2-14,16,18-19H,17H2,1H3,(H2,35,37,41). The molecular weight excluding hydrogens is 533 g/mol. The van der Waals surface area contributed by atoms with Gasteiger partial charge >= 0.3 is 12.2 Å². The van der Waals surface area contributed by atoms with Gasteiger partial charge in [-0.25, -0.2) is 9.78 Å². The summed E-state index contributed by atoms with van der Waals surface area (Å²) in [6.45, 7) is 0.395. The van der Waals surface area contributed by atoms with Crippen LogP contribution >= 0.6 is 0 Å². The fraction of sp³-hybridized carbons (Fsp3) is 0.133. The van der Waals surface area contributed by atoms with Crippen LogP contribution in [0.3, 0.4) is 0 Å². The number of anilines is 1. The van der Waals surface area contributed by atoms with Crippen LogP contribution in [-0.2, 0) is 0 Å². The average molecular weight is 557 g/mol. The minimum Gasteiger partial charge on any atom is -0.329 e. The highest BCUT2D eigenvalue weighted by molar-refractivity contribution is 5.90. The Hall–Kier alpha value is -5.37. The van der Waals surface area contributed by atoms with Crippen LogP contribution in [0.15, 0.2) is 91.5 Å². The molecule has 0 saturated heterocycles. The molecule has 0 aliphatic rings. The van der Waals surface area contributed by atoms with Crippen molar-refractivity contribution in [2.24, 2.45) is 0 Å². The van der Waals surface area contributed by atoms with Crippen molar-refractivity contribution in [2.75, 3.05) is 11.9 Å². The van der Waals surface area contributed by atoms with Gasteiger partial charge in [-0.05, 0) is 60.0 Å². The molecule has 0 aliphatic heterocycles. The predicted molar refractivity (Wildman–Crippen MR) is 148 cm³/mol. The molecule has 2 heterocycles. The van der Waals surface area contributed by atoms with E-state index in [1.54, 1.807) is 48.2 Å². The van der Waals surface area contributed by atoms with E-state index >= 15 is 0 Å². The number of carbonyl (C=O) groups excluding carboxylic acids is 2. The Balaban J connectivity index is 1.32. The summed E-state index contributed by atoms with van der Waals surface area (Å²) in [5.41, 5.74) is 5.65. The summed E-state index contributed by atoms with van der Waals surface area (Å²) in [7, 11) is 0. The van der Waals surface area contributed by atoms with Gasteiger partial charge in [-0.2, -0.15) is 18.4 Å². The van der Waals surface area contributed by atoms with Gasteiger partial charge in [-0.3, -0.25) is 13.9 Å². The number of aromatic nitrogens is 3. The molecule has 5 aromatic rings. The quantitative estimate of drug-likeness (QED) is 0.249. The van der Waals surface area contributed by atoms with Gasteiger partial charge in [0.05, 0.1) is 22.5 Å². The van der Waals surface area contributed by atoms with Gasteiger partial charge in [0.25, 0.3) is 0 Å². The van der Waals surface area contributed by atoms with Gasteiger partial charge in [0.2, 0.25) is 5.91 Å². The summed E-state index contributed by atoms with van der Waals surface area (Å²) in [4.78, 5) is 29.2. The fourth-order valence-electron chi connectivity index (χ4n) is 4.42. The van der Waals surface area contributed by atoms with Crippen LogP contribution in [0.25, 0.3) is 27.8 Å². The highest BCUT2D eigenvalue weighted by atomic mass is 19.4. The maximum Gasteiger partial charge on any atom is 0.405 e. The second-order valence-electron chi connectivity index (χ2n) is 9.39. The molecule has 5 rings (SSSR count). The molecule has 2 N–H and O–H groups in total. The number of carbonyl (C=O) groups is 2. The molecule has 1 unspecified atom stereocenters. The van der Waals surface area contributed by atoms with E-state index in [9.17, 15) is 22.8 Å². The third-order valence-electron chi connectivity index (χ3n) is 6.57. The first kappa shape index (κ1) is 27.2. The Bertz CT molecular complexity index is 1780. The van der Waals surface area contributed by atoms with E-state index in [1.165, 1.54) is 10.8 Å². The first-order valence-electron chi connectivity index (χ1n) is 12.5. The largest absolute Gasteiger partial charge is 0.405 e. The molecule has 8 nitrogen and oxygen atoms in total. The Kier molecular flexibility index (Phi) is 7.31. The predicted octanol–water partition coefficient (Wildman–Crippen LogP) is 6.49. The Morgan fingerprint density at radius 3 is 2.49 bits per heavy atom. The van der Waals surface area contributed by atoms with E-state index in [-0.39, 0.29) is 5.91 Å². The molecule has 3 aromatic carbocycles. The highest BCUT2D eigenvalue weighted by Gasteiger charge is 2.27. The number of hydrogen-bond donors (Lipinski definition) is 2. The van der Waals surface area contributed by atoms with Crippen molar-refractivity contribution in [3.8, 4) is 22.9 Å². The molecule has 1 atom stereocenters. The third-order valence-corrected chi connectivity index (χ3v) is 6.57. The fourth-order valence-corrected chi connectivity index (χ4v) is 4.42. The van der Waals surface area contributed by atoms with E-state index in [2.05, 4.69) is 10.3 Å². The van der Waals surface area contributed by atoms with Gasteiger partial charge in [0.15, 0.2) is 0 Å². The zero-order valence-corrected chi connectivity index (χ0v) is 21.7. The van der Waals surface area contributed by atoms with Crippen LogP contribution in [-0.4, -0.2) is 38.8 Å². The molecule has 11 heteroatoms. The summed E-state index contributed by atoms with van der Waals surface area (Å²) >= 11 is 0. The van der Waals surface area contributed by atoms with Gasteiger partial charge in [-0.15, -0.1) is 0 Å². The molecule has 0 fully saturated rings. The monoisotopic (exact) mass is 556 g/mol. The van der Waals surface area contributed by atoms with Crippen LogP contribution < -0.4 is 10.6 Å². The molecule has 0 aliphatic carbocycles. The molecular formula is C30H23F3N6O2. The number of nitrogens with one attached hydrogen (secondary N) is 2. The average Bonchev–Trinajstić information content (AvgIpc) is 3.62. The lowest BCUT2D eigenvalue weighted by molar-refractivity contribution is -0.122. The van der Waals surface area contributed by atoms with E-state index < -0.39 is 24.7 Å². The Morgan fingerprint density at radius 2 is 1.78 bits per heavy atom. The molecule has 2 aromatic heterocycles. The van der Waals surface area contributed by atoms with Crippen LogP contribution in [0.4, 0.5) is 23.7 Å². The summed E-state index contributed by atoms with van der Waals surface area (Å²) in [6.07, 6.45) is 0.235. The maximum atomic E-state index is 12.8. The molecule has 206 valence electrons. The van der Waals surface area contributed by atoms with E-state index in [0.29, 0.717) is 16.9 Å². The summed E-state index contributed by atoms with van der Waals surface area (Å²) in [5, 5.41) is 13.2. The minimum absolute atomic E-state index is 0.132. The van der Waals surface area contributed by atoms with Gasteiger partial charge in [0, 0.05) is 23.8 Å². The molecule has 41 heavy (non-hydrogen) atoms. The number of halogens is 3. The SMILES string of the molecule is CC(C(=O)n1ccc(C#N)c1)c1ccc(-c2ccc3c(c2)ncn3-c2cccc(NC(=O)NCC(F)(F)F)c2)cc1. The third kappa shape index (κ3) is 6.12. The summed E-state index contributed by atoms with van der Waals surface area (Å²) in [6, 6.07) is 22.8. The molecule has 2 amide bonds. The van der Waals surface area contributed by atoms with Crippen LogP contribution in [0.5, 0.6) is 0 Å². The molecule has 0 radical (unpaired) electrons. The minimum atomic E-state index is -4.50. The zero-order valence-electron chi connectivity index (χ0n) is 21.7. The lowest BCUT2D eigenvalue weighted by atomic mass is 9.96. The smallest absolute Gasteiger partial charge is 0.329 e. The van der Waals surface area contributed by atoms with Crippen molar-refractivity contribution in [2.45, 2.75) is 19.0 Å². The number of hydrogen-bond acceptors (Lipinski definition) is 4. The van der Waals surface area contributed by atoms with Crippen molar-refractivity contribution in [3.05, 3.63) is 103 Å². The number of nitriles is 1. The lowest BCUT2D eigenvalue weighted by Gasteiger charge is -2.12. The van der Waals surface area contributed by atoms with E-state index in [4.69, 9.17) is 5.26 Å². The van der Waals surface area contributed by atoms with Crippen molar-refractivity contribution in [1.29, 1.82) is 5.26 Å². The number of alkyl halides is 3. The summed E-state index contributed by atoms with van der Waals surface area (Å²) < 4.78 is 40.3. The first-order chi connectivity index (χ1) is 19.6. The highest BCUT2D eigenvalue weighted by Crippen LogP contribution is 2.28. The van der Waals surface area contributed by atoms with Crippen LogP contribution in [0, 0.1) is 11.3 Å². The number of benzene rings is 3. The zero-order chi connectivity index (χ0) is 29.1. The van der Waals surface area contributed by atoms with Gasteiger partial charge in [-0.1, -0.05) is 36.4 Å². The number of nitrogens with zero attached hydrogens (tertiary/aromatic N) is 4. The van der Waals surface area contributed by atoms with Gasteiger partial charge < -0.3 is 10.6 Å². The van der Waals surface area contributed by atoms with Crippen molar-refractivity contribution in [3.63, 3.8) is 0 Å². The normalized spacial score (nSPS) is 12.1. The van der Waals surface area contributed by atoms with E-state index in [0.717, 1.165) is 27.7 Å². The van der Waals surface area contributed by atoms with Crippen molar-refractivity contribution >= 4 is 28.7 Å². The lowest BCUT2D eigenvalue weighted by Crippen LogP contribution is -2.36. The van der Waals surface area contributed by atoms with Crippen molar-refractivity contribution < 1.29 is 22.8 Å². The topological polar surface area (TPSA) is 105 Å². The second kappa shape index (κ2) is 11.0. The number of fused-ring (bicyclic) bond motifs is 1. The number of imidazole rings is 1. The van der Waals surface area contributed by atoms with Crippen LogP contribution in [0.1, 0.15) is 28.8 Å². The first-order valence-corrected chi connectivity index (χ1v) is 12.5. The van der Waals surface area contributed by atoms with Gasteiger partial charge in [0.1, 0.15) is 18.9 Å². The number of urea groups is 1. The second-order valence-corrected chi connectivity index (χ2v) is 9.39. The molecule has 0 spiro atoms. The molecule has 0 saturated carbocycles. The Morgan fingerprint density at radius 1 is 1.02 bits per heavy atom. The molecule has 0 bridgehead atoms. The maximum absolute atomic E-state index is 12.8.